The van der Waals surface area contributed by atoms with Gasteiger partial charge in [-0.1, -0.05) is 30.3 Å². The molecule has 32 heavy (non-hydrogen) atoms. The second-order valence-corrected chi connectivity index (χ2v) is 7.06. The van der Waals surface area contributed by atoms with Gasteiger partial charge in [0, 0.05) is 36.1 Å². The molecular formula is C24H19FN6O. The molecule has 4 aromatic rings. The number of hydrogen-bond acceptors (Lipinski definition) is 6. The minimum atomic E-state index is -0.582. The van der Waals surface area contributed by atoms with E-state index in [9.17, 15) is 10.1 Å². The maximum Gasteiger partial charge on any atom is 0.272 e. The molecule has 0 radical (unpaired) electrons. The Morgan fingerprint density at radius 2 is 2.00 bits per heavy atom. The van der Waals surface area contributed by atoms with Gasteiger partial charge in [-0.05, 0) is 29.1 Å². The molecule has 1 aromatic heterocycles. The molecule has 3 aromatic carbocycles. The van der Waals surface area contributed by atoms with E-state index in [-0.39, 0.29) is 28.9 Å². The topological polar surface area (TPSA) is 134 Å². The van der Waals surface area contributed by atoms with Crippen LogP contribution in [-0.4, -0.2) is 23.0 Å². The molecule has 0 bridgehead atoms. The van der Waals surface area contributed by atoms with Crippen LogP contribution in [0, 0.1) is 17.1 Å². The van der Waals surface area contributed by atoms with Gasteiger partial charge in [0.15, 0.2) is 0 Å². The summed E-state index contributed by atoms with van der Waals surface area (Å²) in [6, 6.07) is 15.6. The Labute approximate surface area is 182 Å². The molecule has 0 atom stereocenters. The average Bonchev–Trinajstić information content (AvgIpc) is 2.82. The zero-order chi connectivity index (χ0) is 22.8. The summed E-state index contributed by atoms with van der Waals surface area (Å²) in [6.45, 7) is 0.116. The minimum absolute atomic E-state index is 0.0635. The first-order valence-electron chi connectivity index (χ1n) is 9.76. The summed E-state index contributed by atoms with van der Waals surface area (Å²) in [7, 11) is 1.51. The molecule has 0 aliphatic heterocycles. The fourth-order valence-corrected chi connectivity index (χ4v) is 3.88. The van der Waals surface area contributed by atoms with Gasteiger partial charge in [0.25, 0.3) is 5.56 Å². The lowest BCUT2D eigenvalue weighted by atomic mass is 9.89. The van der Waals surface area contributed by atoms with E-state index >= 15 is 4.39 Å². The number of benzene rings is 3. The Balaban J connectivity index is 1.97. The molecule has 0 aliphatic rings. The summed E-state index contributed by atoms with van der Waals surface area (Å²) in [4.78, 5) is 16.4. The number of nitriles is 1. The number of nitrogens with zero attached hydrogens (tertiary/aromatic N) is 3. The van der Waals surface area contributed by atoms with Crippen LogP contribution in [0.4, 0.5) is 4.39 Å². The zero-order valence-electron chi connectivity index (χ0n) is 17.2. The van der Waals surface area contributed by atoms with Crippen LogP contribution in [0.25, 0.3) is 27.1 Å². The van der Waals surface area contributed by atoms with E-state index in [0.29, 0.717) is 38.4 Å². The number of allylic oxidation sites excluding steroid dienone is 1. The second-order valence-electron chi connectivity index (χ2n) is 7.06. The van der Waals surface area contributed by atoms with Crippen molar-refractivity contribution >= 4 is 32.8 Å². The normalized spacial score (nSPS) is 12.3. The predicted octanol–water partition coefficient (Wildman–Crippen LogP) is 2.96. The number of fused-ring (bicyclic) bond motifs is 2. The first-order chi connectivity index (χ1) is 15.5. The van der Waals surface area contributed by atoms with Crippen LogP contribution in [0.15, 0.2) is 64.5 Å². The SMILES string of the molecule is CN=C(C(=CN)c1ccc2c(=O)[nH]nc(CN)c2c1)c1c(F)cc2ccccc2c1C#N. The average molecular weight is 426 g/mol. The number of nitrogens with two attached hydrogens (primary N) is 2. The Kier molecular flexibility index (Phi) is 5.50. The van der Waals surface area contributed by atoms with E-state index in [0.717, 1.165) is 0 Å². The second kappa shape index (κ2) is 8.41. The van der Waals surface area contributed by atoms with E-state index < -0.39 is 5.82 Å². The van der Waals surface area contributed by atoms with Crippen LogP contribution in [-0.2, 0) is 6.54 Å². The van der Waals surface area contributed by atoms with Gasteiger partial charge < -0.3 is 11.5 Å². The van der Waals surface area contributed by atoms with Gasteiger partial charge in [-0.15, -0.1) is 0 Å². The molecule has 158 valence electrons. The monoisotopic (exact) mass is 426 g/mol. The smallest absolute Gasteiger partial charge is 0.272 e. The summed E-state index contributed by atoms with van der Waals surface area (Å²) in [5, 5.41) is 18.5. The Morgan fingerprint density at radius 1 is 1.22 bits per heavy atom. The van der Waals surface area contributed by atoms with Gasteiger partial charge in [0.1, 0.15) is 11.9 Å². The zero-order valence-corrected chi connectivity index (χ0v) is 17.2. The van der Waals surface area contributed by atoms with E-state index in [1.165, 1.54) is 19.3 Å². The van der Waals surface area contributed by atoms with E-state index in [4.69, 9.17) is 11.5 Å². The van der Waals surface area contributed by atoms with Crippen LogP contribution in [0.1, 0.15) is 22.4 Å². The predicted molar refractivity (Wildman–Crippen MR) is 124 cm³/mol. The van der Waals surface area contributed by atoms with Crippen molar-refractivity contribution in [1.82, 2.24) is 10.2 Å². The number of halogens is 1. The number of rotatable bonds is 4. The van der Waals surface area contributed by atoms with Crippen molar-refractivity contribution < 1.29 is 4.39 Å². The first kappa shape index (κ1) is 20.9. The molecule has 5 N–H and O–H groups in total. The third kappa shape index (κ3) is 3.31. The van der Waals surface area contributed by atoms with E-state index in [1.807, 2.05) is 0 Å². The third-order valence-electron chi connectivity index (χ3n) is 5.37. The number of aliphatic imine (C=N–C) groups is 1. The summed E-state index contributed by atoms with van der Waals surface area (Å²) < 4.78 is 15.3. The van der Waals surface area contributed by atoms with Crippen molar-refractivity contribution in [1.29, 1.82) is 5.26 Å². The van der Waals surface area contributed by atoms with Gasteiger partial charge in [-0.25, -0.2) is 9.49 Å². The lowest BCUT2D eigenvalue weighted by Crippen LogP contribution is -2.14. The lowest BCUT2D eigenvalue weighted by molar-refractivity contribution is 0.627. The highest BCUT2D eigenvalue weighted by molar-refractivity contribution is 6.33. The Bertz CT molecular complexity index is 1530. The number of hydrogen-bond donors (Lipinski definition) is 3. The maximum absolute atomic E-state index is 15.3. The molecule has 0 saturated carbocycles. The number of aromatic amines is 1. The van der Waals surface area contributed by atoms with Crippen LogP contribution >= 0.6 is 0 Å². The van der Waals surface area contributed by atoms with Crippen LogP contribution < -0.4 is 17.0 Å². The molecule has 8 heteroatoms. The van der Waals surface area contributed by atoms with Crippen molar-refractivity contribution in [3.63, 3.8) is 0 Å². The van der Waals surface area contributed by atoms with Gasteiger partial charge in [0.05, 0.1) is 27.9 Å². The number of H-pyrrole nitrogens is 1. The van der Waals surface area contributed by atoms with Crippen molar-refractivity contribution in [3.05, 3.63) is 93.3 Å². The fourth-order valence-electron chi connectivity index (χ4n) is 3.88. The largest absolute Gasteiger partial charge is 0.404 e. The highest BCUT2D eigenvalue weighted by Crippen LogP contribution is 2.30. The molecule has 0 spiro atoms. The van der Waals surface area contributed by atoms with Gasteiger partial charge in [-0.2, -0.15) is 10.4 Å². The van der Waals surface area contributed by atoms with Crippen molar-refractivity contribution in [2.45, 2.75) is 6.54 Å². The first-order valence-corrected chi connectivity index (χ1v) is 9.76. The molecule has 0 saturated heterocycles. The van der Waals surface area contributed by atoms with Crippen LogP contribution in [0.3, 0.4) is 0 Å². The van der Waals surface area contributed by atoms with Crippen molar-refractivity contribution in [3.8, 4) is 6.07 Å². The number of nitrogens with one attached hydrogen (secondary N) is 1. The molecule has 0 aliphatic carbocycles. The minimum Gasteiger partial charge on any atom is -0.404 e. The molecule has 0 amide bonds. The quantitative estimate of drug-likeness (QED) is 0.431. The molecule has 0 fully saturated rings. The summed E-state index contributed by atoms with van der Waals surface area (Å²) in [5.74, 6) is -0.582. The van der Waals surface area contributed by atoms with Crippen LogP contribution in [0.2, 0.25) is 0 Å². The Hall–Kier alpha value is -4.35. The summed E-state index contributed by atoms with van der Waals surface area (Å²) in [5.41, 5.74) is 13.3. The highest BCUT2D eigenvalue weighted by atomic mass is 19.1. The summed E-state index contributed by atoms with van der Waals surface area (Å²) in [6.07, 6.45) is 1.31. The third-order valence-corrected chi connectivity index (χ3v) is 5.37. The fraction of sp³-hybridized carbons (Fsp3) is 0.0833. The van der Waals surface area contributed by atoms with Crippen molar-refractivity contribution in [2.24, 2.45) is 16.5 Å². The molecule has 0 unspecified atom stereocenters. The molecule has 7 nitrogen and oxygen atoms in total. The van der Waals surface area contributed by atoms with Crippen LogP contribution in [0.5, 0.6) is 0 Å². The number of aromatic nitrogens is 2. The molecule has 4 rings (SSSR count). The van der Waals surface area contributed by atoms with E-state index in [2.05, 4.69) is 21.3 Å². The molecule has 1 heterocycles. The maximum atomic E-state index is 15.3. The standard InChI is InChI=1S/C24H19FN6O/c1-29-23(22-19(11-27)15-5-3-2-4-13(15)9-20(22)25)18(10-26)14-6-7-16-17(8-14)21(12-28)30-31-24(16)32/h2-10H,12,26,28H2,1H3,(H,31,32). The van der Waals surface area contributed by atoms with Crippen molar-refractivity contribution in [2.75, 3.05) is 7.05 Å². The lowest BCUT2D eigenvalue weighted by Gasteiger charge is -2.15. The summed E-state index contributed by atoms with van der Waals surface area (Å²) >= 11 is 0. The van der Waals surface area contributed by atoms with Gasteiger partial charge in [0.2, 0.25) is 0 Å². The van der Waals surface area contributed by atoms with Gasteiger partial charge >= 0.3 is 0 Å². The van der Waals surface area contributed by atoms with E-state index in [1.54, 1.807) is 42.5 Å². The van der Waals surface area contributed by atoms with Gasteiger partial charge in [-0.3, -0.25) is 9.79 Å². The Morgan fingerprint density at radius 3 is 2.69 bits per heavy atom. The highest BCUT2D eigenvalue weighted by Gasteiger charge is 2.22. The molecular weight excluding hydrogens is 407 g/mol.